The molecule has 0 radical (unpaired) electrons. The van der Waals surface area contributed by atoms with E-state index in [1.807, 2.05) is 18.4 Å². The van der Waals surface area contributed by atoms with Gasteiger partial charge < -0.3 is 10.2 Å². The number of anilines is 2. The molecule has 1 saturated heterocycles. The third-order valence-electron chi connectivity index (χ3n) is 5.52. The summed E-state index contributed by atoms with van der Waals surface area (Å²) < 4.78 is 0. The van der Waals surface area contributed by atoms with Crippen LogP contribution in [0.2, 0.25) is 0 Å². The van der Waals surface area contributed by atoms with E-state index < -0.39 is 17.7 Å². The SMILES string of the molecule is Cc1ccsc1C1c2c(nc(N3CCC(C)CC3)[nH]c2=O)NC(=O)C1C#N. The van der Waals surface area contributed by atoms with E-state index in [4.69, 9.17) is 0 Å². The lowest BCUT2D eigenvalue weighted by Crippen LogP contribution is -2.40. The quantitative estimate of drug-likeness (QED) is 0.830. The van der Waals surface area contributed by atoms with Crippen LogP contribution < -0.4 is 15.8 Å². The van der Waals surface area contributed by atoms with Crippen LogP contribution in [0.1, 0.15) is 41.7 Å². The molecule has 2 atom stereocenters. The number of nitriles is 1. The fraction of sp³-hybridized carbons (Fsp3) is 0.474. The molecule has 2 aromatic rings. The fourth-order valence-corrected chi connectivity index (χ4v) is 4.93. The van der Waals surface area contributed by atoms with Gasteiger partial charge in [0.25, 0.3) is 5.56 Å². The lowest BCUT2D eigenvalue weighted by molar-refractivity contribution is -0.119. The molecule has 27 heavy (non-hydrogen) atoms. The number of hydrogen-bond acceptors (Lipinski definition) is 6. The second kappa shape index (κ2) is 6.82. The van der Waals surface area contributed by atoms with E-state index in [-0.39, 0.29) is 11.4 Å². The Labute approximate surface area is 161 Å². The number of aryl methyl sites for hydroxylation is 1. The standard InChI is InChI=1S/C19H21N5O2S/c1-10-3-6-24(7-4-10)19-22-16-14(18(26)23-19)13(12(9-20)17(25)21-16)15-11(2)5-8-27-15/h5,8,10,12-13H,3-4,6-7H2,1-2H3,(H2,21,22,23,25,26). The molecule has 1 amide bonds. The maximum absolute atomic E-state index is 13.0. The van der Waals surface area contributed by atoms with E-state index >= 15 is 0 Å². The summed E-state index contributed by atoms with van der Waals surface area (Å²) in [6, 6.07) is 4.01. The molecule has 2 unspecified atom stereocenters. The van der Waals surface area contributed by atoms with Gasteiger partial charge in [-0.25, -0.2) is 0 Å². The summed E-state index contributed by atoms with van der Waals surface area (Å²) in [5.74, 6) is -0.512. The van der Waals surface area contributed by atoms with Crippen molar-refractivity contribution in [3.63, 3.8) is 0 Å². The summed E-state index contributed by atoms with van der Waals surface area (Å²) in [5, 5.41) is 14.2. The summed E-state index contributed by atoms with van der Waals surface area (Å²) in [6.07, 6.45) is 2.08. The molecule has 1 fully saturated rings. The second-order valence-electron chi connectivity index (χ2n) is 7.36. The Kier molecular flexibility index (Phi) is 4.48. The van der Waals surface area contributed by atoms with Gasteiger partial charge in [-0.15, -0.1) is 11.3 Å². The van der Waals surface area contributed by atoms with Gasteiger partial charge in [-0.3, -0.25) is 14.6 Å². The number of nitrogens with one attached hydrogen (secondary N) is 2. The molecular weight excluding hydrogens is 362 g/mol. The van der Waals surface area contributed by atoms with E-state index in [1.165, 1.54) is 11.3 Å². The zero-order chi connectivity index (χ0) is 19.1. The summed E-state index contributed by atoms with van der Waals surface area (Å²) in [7, 11) is 0. The molecule has 0 aliphatic carbocycles. The Balaban J connectivity index is 1.81. The van der Waals surface area contributed by atoms with Crippen LogP contribution >= 0.6 is 11.3 Å². The summed E-state index contributed by atoms with van der Waals surface area (Å²) in [5.41, 5.74) is 1.06. The van der Waals surface area contributed by atoms with Crippen molar-refractivity contribution in [2.24, 2.45) is 11.8 Å². The minimum atomic E-state index is -0.945. The lowest BCUT2D eigenvalue weighted by Gasteiger charge is -2.32. The molecule has 8 heteroatoms. The first-order chi connectivity index (χ1) is 13.0. The maximum atomic E-state index is 13.0. The molecule has 0 saturated carbocycles. The average molecular weight is 383 g/mol. The number of piperidine rings is 1. The number of thiophene rings is 1. The Morgan fingerprint density at radius 3 is 2.70 bits per heavy atom. The lowest BCUT2D eigenvalue weighted by atomic mass is 9.82. The number of carbonyl (C=O) groups is 1. The number of aromatic amines is 1. The van der Waals surface area contributed by atoms with Gasteiger partial charge in [-0.05, 0) is 42.7 Å². The fourth-order valence-electron chi connectivity index (χ4n) is 3.86. The van der Waals surface area contributed by atoms with Gasteiger partial charge in [0.1, 0.15) is 11.7 Å². The minimum absolute atomic E-state index is 0.279. The van der Waals surface area contributed by atoms with Crippen LogP contribution in [0, 0.1) is 30.1 Å². The van der Waals surface area contributed by atoms with Crippen molar-refractivity contribution in [1.29, 1.82) is 5.26 Å². The van der Waals surface area contributed by atoms with E-state index in [0.29, 0.717) is 17.4 Å². The maximum Gasteiger partial charge on any atom is 0.258 e. The Morgan fingerprint density at radius 1 is 1.33 bits per heavy atom. The summed E-state index contributed by atoms with van der Waals surface area (Å²) >= 11 is 1.46. The highest BCUT2D eigenvalue weighted by Crippen LogP contribution is 2.41. The summed E-state index contributed by atoms with van der Waals surface area (Å²) in [6.45, 7) is 5.80. The molecule has 0 spiro atoms. The third kappa shape index (κ3) is 3.02. The number of hydrogen-bond donors (Lipinski definition) is 2. The molecular formula is C19H21N5O2S. The molecule has 140 valence electrons. The highest BCUT2D eigenvalue weighted by molar-refractivity contribution is 7.10. The molecule has 0 bridgehead atoms. The highest BCUT2D eigenvalue weighted by Gasteiger charge is 2.41. The van der Waals surface area contributed by atoms with Crippen LogP contribution in [0.5, 0.6) is 0 Å². The number of carbonyl (C=O) groups excluding carboxylic acids is 1. The zero-order valence-electron chi connectivity index (χ0n) is 15.3. The van der Waals surface area contributed by atoms with Crippen LogP contribution in [-0.4, -0.2) is 29.0 Å². The zero-order valence-corrected chi connectivity index (χ0v) is 16.1. The van der Waals surface area contributed by atoms with Gasteiger partial charge in [0.2, 0.25) is 11.9 Å². The second-order valence-corrected chi connectivity index (χ2v) is 8.31. The van der Waals surface area contributed by atoms with Crippen LogP contribution in [-0.2, 0) is 4.79 Å². The monoisotopic (exact) mass is 383 g/mol. The predicted octanol–water partition coefficient (Wildman–Crippen LogP) is 2.60. The number of nitrogens with zero attached hydrogens (tertiary/aromatic N) is 3. The van der Waals surface area contributed by atoms with Gasteiger partial charge in [0, 0.05) is 18.0 Å². The van der Waals surface area contributed by atoms with Crippen molar-refractivity contribution in [2.75, 3.05) is 23.3 Å². The Hall–Kier alpha value is -2.66. The summed E-state index contributed by atoms with van der Waals surface area (Å²) in [4.78, 5) is 35.9. The highest BCUT2D eigenvalue weighted by atomic mass is 32.1. The number of rotatable bonds is 2. The number of aromatic nitrogens is 2. The van der Waals surface area contributed by atoms with Crippen LogP contribution in [0.4, 0.5) is 11.8 Å². The molecule has 4 heterocycles. The van der Waals surface area contributed by atoms with Crippen molar-refractivity contribution in [2.45, 2.75) is 32.6 Å². The Morgan fingerprint density at radius 2 is 2.07 bits per heavy atom. The van der Waals surface area contributed by atoms with Crippen LogP contribution in [0.25, 0.3) is 0 Å². The van der Waals surface area contributed by atoms with Gasteiger partial charge in [-0.2, -0.15) is 10.2 Å². The van der Waals surface area contributed by atoms with Crippen molar-refractivity contribution < 1.29 is 4.79 Å². The molecule has 2 aliphatic rings. The average Bonchev–Trinajstić information content (AvgIpc) is 3.06. The Bertz CT molecular complexity index is 981. The number of fused-ring (bicyclic) bond motifs is 1. The number of amides is 1. The molecule has 4 rings (SSSR count). The van der Waals surface area contributed by atoms with Crippen molar-refractivity contribution >= 4 is 29.0 Å². The van der Waals surface area contributed by atoms with E-state index in [0.717, 1.165) is 36.4 Å². The molecule has 2 N–H and O–H groups in total. The topological polar surface area (TPSA) is 102 Å². The van der Waals surface area contributed by atoms with Gasteiger partial charge >= 0.3 is 0 Å². The first kappa shape index (κ1) is 17.7. The van der Waals surface area contributed by atoms with Crippen molar-refractivity contribution in [1.82, 2.24) is 9.97 Å². The first-order valence-corrected chi connectivity index (χ1v) is 10.0. The van der Waals surface area contributed by atoms with Gasteiger partial charge in [-0.1, -0.05) is 6.92 Å². The number of H-pyrrole nitrogens is 1. The molecule has 0 aromatic carbocycles. The van der Waals surface area contributed by atoms with Crippen LogP contribution in [0.15, 0.2) is 16.2 Å². The molecule has 2 aliphatic heterocycles. The minimum Gasteiger partial charge on any atom is -0.342 e. The van der Waals surface area contributed by atoms with Gasteiger partial charge in [0.05, 0.1) is 17.6 Å². The van der Waals surface area contributed by atoms with Crippen LogP contribution in [0.3, 0.4) is 0 Å². The molecule has 7 nitrogen and oxygen atoms in total. The third-order valence-corrected chi connectivity index (χ3v) is 6.62. The van der Waals surface area contributed by atoms with Gasteiger partial charge in [0.15, 0.2) is 0 Å². The predicted molar refractivity (Wildman–Crippen MR) is 104 cm³/mol. The van der Waals surface area contributed by atoms with E-state index in [9.17, 15) is 14.9 Å². The van der Waals surface area contributed by atoms with Crippen molar-refractivity contribution in [3.8, 4) is 6.07 Å². The largest absolute Gasteiger partial charge is 0.342 e. The normalized spacial score (nSPS) is 22.9. The van der Waals surface area contributed by atoms with Crippen molar-refractivity contribution in [3.05, 3.63) is 37.8 Å². The molecule has 2 aromatic heterocycles. The first-order valence-electron chi connectivity index (χ1n) is 9.13. The van der Waals surface area contributed by atoms with E-state index in [2.05, 4.69) is 33.2 Å². The smallest absolute Gasteiger partial charge is 0.258 e. The van der Waals surface area contributed by atoms with E-state index in [1.54, 1.807) is 0 Å².